The maximum atomic E-state index is 14.0. The standard InChI is InChI=1S/C34H35Cl2FN8/c1-34(2,3)44-13-11-27(12-14-44)45-20-30(42-43-45)32(21-7-9-23(35)10-8-21)41-26-16-28-31(40-25-6-4-5-24(37)15-25)22(18-38)19-39-33(28)29(36)17-26/h4-10,15-17,19-20,27,32,41-43H,11-14H2,1-3H3,(H,39,40)/t32-/m0/s1. The Kier molecular flexibility index (Phi) is 8.76. The van der Waals surface area contributed by atoms with Crippen molar-refractivity contribution >= 4 is 51.2 Å². The molecule has 11 heteroatoms. The largest absolute Gasteiger partial charge is 0.373 e. The zero-order valence-electron chi connectivity index (χ0n) is 25.3. The van der Waals surface area contributed by atoms with E-state index in [4.69, 9.17) is 23.2 Å². The first-order valence-corrected chi connectivity index (χ1v) is 15.7. The second kappa shape index (κ2) is 12.7. The van der Waals surface area contributed by atoms with Crippen molar-refractivity contribution in [3.8, 4) is 6.07 Å². The van der Waals surface area contributed by atoms with Gasteiger partial charge in [-0.3, -0.25) is 14.9 Å². The molecule has 3 heterocycles. The number of hydrogen-bond donors (Lipinski definition) is 4. The molecule has 0 radical (unpaired) electrons. The Morgan fingerprint density at radius 2 is 1.80 bits per heavy atom. The average Bonchev–Trinajstić information content (AvgIpc) is 3.51. The van der Waals surface area contributed by atoms with Crippen molar-refractivity contribution in [1.82, 2.24) is 25.9 Å². The molecule has 3 aromatic carbocycles. The van der Waals surface area contributed by atoms with E-state index in [0.29, 0.717) is 49.6 Å². The van der Waals surface area contributed by atoms with Gasteiger partial charge in [0.05, 0.1) is 33.5 Å². The molecule has 1 saturated heterocycles. The molecular formula is C34H35Cl2FN8. The van der Waals surface area contributed by atoms with Gasteiger partial charge in [-0.25, -0.2) is 4.39 Å². The molecule has 1 atom stereocenters. The van der Waals surface area contributed by atoms with E-state index < -0.39 is 0 Å². The van der Waals surface area contributed by atoms with Crippen molar-refractivity contribution in [3.05, 3.63) is 106 Å². The summed E-state index contributed by atoms with van der Waals surface area (Å²) in [5, 5.41) is 20.6. The van der Waals surface area contributed by atoms with Crippen LogP contribution in [0.4, 0.5) is 21.5 Å². The smallest absolute Gasteiger partial charge is 0.125 e. The van der Waals surface area contributed by atoms with Gasteiger partial charge in [0.15, 0.2) is 0 Å². The molecule has 2 aliphatic heterocycles. The number of nitrogens with one attached hydrogen (secondary N) is 4. The molecule has 0 aliphatic carbocycles. The average molecular weight is 646 g/mol. The molecule has 4 aromatic rings. The molecule has 1 aromatic heterocycles. The first kappa shape index (κ1) is 30.9. The van der Waals surface area contributed by atoms with E-state index in [-0.39, 0.29) is 17.4 Å². The van der Waals surface area contributed by atoms with Crippen LogP contribution < -0.4 is 21.6 Å². The molecule has 0 saturated carbocycles. The van der Waals surface area contributed by atoms with Crippen LogP contribution in [0.2, 0.25) is 10.0 Å². The van der Waals surface area contributed by atoms with Gasteiger partial charge in [-0.2, -0.15) is 5.26 Å². The van der Waals surface area contributed by atoms with Crippen molar-refractivity contribution in [2.24, 2.45) is 0 Å². The number of nitrogens with zero attached hydrogens (tertiary/aromatic N) is 4. The van der Waals surface area contributed by atoms with Crippen LogP contribution in [0, 0.1) is 17.1 Å². The van der Waals surface area contributed by atoms with Gasteiger partial charge in [0.25, 0.3) is 0 Å². The second-order valence-electron chi connectivity index (χ2n) is 12.4. The summed E-state index contributed by atoms with van der Waals surface area (Å²) in [6, 6.07) is 19.8. The number of benzene rings is 3. The third-order valence-corrected chi connectivity index (χ3v) is 8.92. The molecule has 232 valence electrons. The Balaban J connectivity index is 1.34. The Bertz CT molecular complexity index is 1770. The van der Waals surface area contributed by atoms with Gasteiger partial charge >= 0.3 is 0 Å². The summed E-state index contributed by atoms with van der Waals surface area (Å²) in [5.41, 5.74) is 11.4. The van der Waals surface area contributed by atoms with Crippen molar-refractivity contribution in [1.29, 1.82) is 5.26 Å². The van der Waals surface area contributed by atoms with E-state index in [9.17, 15) is 9.65 Å². The van der Waals surface area contributed by atoms with Crippen LogP contribution >= 0.6 is 23.2 Å². The quantitative estimate of drug-likeness (QED) is 0.161. The summed E-state index contributed by atoms with van der Waals surface area (Å²) in [6.07, 6.45) is 5.69. The minimum absolute atomic E-state index is 0.156. The van der Waals surface area contributed by atoms with Gasteiger partial charge in [-0.1, -0.05) is 41.4 Å². The monoisotopic (exact) mass is 644 g/mol. The summed E-state index contributed by atoms with van der Waals surface area (Å²) >= 11 is 13.0. The van der Waals surface area contributed by atoms with Gasteiger partial charge in [-0.15, -0.1) is 5.53 Å². The third-order valence-electron chi connectivity index (χ3n) is 8.38. The second-order valence-corrected chi connectivity index (χ2v) is 13.2. The van der Waals surface area contributed by atoms with E-state index in [1.807, 2.05) is 36.4 Å². The summed E-state index contributed by atoms with van der Waals surface area (Å²) in [5.74, 6) is -0.386. The highest BCUT2D eigenvalue weighted by Crippen LogP contribution is 2.37. The number of nitriles is 1. The fourth-order valence-electron chi connectivity index (χ4n) is 5.94. The zero-order valence-corrected chi connectivity index (χ0v) is 26.8. The van der Waals surface area contributed by atoms with Crippen LogP contribution in [-0.4, -0.2) is 39.6 Å². The van der Waals surface area contributed by atoms with Gasteiger partial charge < -0.3 is 16.1 Å². The SMILES string of the molecule is CC(C)(C)N1CCC(N2C=C([C@@H](Nc3cc(Cl)c4ncc(C#N)c(Nc5cccc(F)c5)c4c3)c3ccc(Cl)cc3)NN2)CC1. The minimum Gasteiger partial charge on any atom is -0.373 e. The van der Waals surface area contributed by atoms with E-state index in [1.54, 1.807) is 12.1 Å². The summed E-state index contributed by atoms with van der Waals surface area (Å²) in [7, 11) is 0. The molecule has 0 spiro atoms. The number of halogens is 3. The maximum Gasteiger partial charge on any atom is 0.125 e. The fourth-order valence-corrected chi connectivity index (χ4v) is 6.33. The normalized spacial score (nSPS) is 16.6. The van der Waals surface area contributed by atoms with Crippen molar-refractivity contribution in [3.63, 3.8) is 0 Å². The summed E-state index contributed by atoms with van der Waals surface area (Å²) in [4.78, 5) is 7.00. The van der Waals surface area contributed by atoms with Gasteiger partial charge in [0, 0.05) is 58.9 Å². The van der Waals surface area contributed by atoms with Crippen molar-refractivity contribution < 1.29 is 4.39 Å². The molecular weight excluding hydrogens is 610 g/mol. The van der Waals surface area contributed by atoms with Crippen LogP contribution in [0.15, 0.2) is 78.8 Å². The van der Waals surface area contributed by atoms with Crippen LogP contribution in [0.1, 0.15) is 50.8 Å². The molecule has 6 rings (SSSR count). The minimum atomic E-state index is -0.386. The van der Waals surface area contributed by atoms with Crippen molar-refractivity contribution in [2.45, 2.75) is 51.2 Å². The number of aromatic nitrogens is 1. The lowest BCUT2D eigenvalue weighted by molar-refractivity contribution is 0.0570. The topological polar surface area (TPSA) is 91.3 Å². The number of hydrogen-bond acceptors (Lipinski definition) is 8. The van der Waals surface area contributed by atoms with Gasteiger partial charge in [-0.05, 0) is 81.6 Å². The lowest BCUT2D eigenvalue weighted by atomic mass is 9.98. The molecule has 0 unspecified atom stereocenters. The Morgan fingerprint density at radius 3 is 2.49 bits per heavy atom. The lowest BCUT2D eigenvalue weighted by Gasteiger charge is -2.42. The van der Waals surface area contributed by atoms with E-state index >= 15 is 0 Å². The number of likely N-dealkylation sites (tertiary alicyclic amines) is 1. The number of piperidine rings is 1. The van der Waals surface area contributed by atoms with Crippen LogP contribution in [-0.2, 0) is 0 Å². The van der Waals surface area contributed by atoms with Crippen LogP contribution in [0.5, 0.6) is 0 Å². The van der Waals surface area contributed by atoms with Gasteiger partial charge in [0.2, 0.25) is 0 Å². The van der Waals surface area contributed by atoms with E-state index in [2.05, 4.69) is 69.5 Å². The first-order valence-electron chi connectivity index (χ1n) is 14.9. The van der Waals surface area contributed by atoms with Crippen LogP contribution in [0.3, 0.4) is 0 Å². The highest BCUT2D eigenvalue weighted by Gasteiger charge is 2.32. The Labute approximate surface area is 272 Å². The fraction of sp³-hybridized carbons (Fsp3) is 0.294. The maximum absolute atomic E-state index is 14.0. The Hall–Kier alpha value is -4.07. The number of pyridine rings is 1. The molecule has 4 N–H and O–H groups in total. The zero-order chi connectivity index (χ0) is 31.7. The Morgan fingerprint density at radius 1 is 1.04 bits per heavy atom. The number of fused-ring (bicyclic) bond motifs is 1. The molecule has 1 fully saturated rings. The van der Waals surface area contributed by atoms with Gasteiger partial charge in [0.1, 0.15) is 11.9 Å². The number of anilines is 3. The number of hydrazine groups is 2. The first-order chi connectivity index (χ1) is 21.6. The highest BCUT2D eigenvalue weighted by molar-refractivity contribution is 6.36. The molecule has 2 aliphatic rings. The highest BCUT2D eigenvalue weighted by atomic mass is 35.5. The molecule has 0 bridgehead atoms. The third kappa shape index (κ3) is 6.80. The molecule has 45 heavy (non-hydrogen) atoms. The van der Waals surface area contributed by atoms with E-state index in [1.165, 1.54) is 18.3 Å². The summed E-state index contributed by atoms with van der Waals surface area (Å²) < 4.78 is 14.0. The predicted octanol–water partition coefficient (Wildman–Crippen LogP) is 7.88. The molecule has 8 nitrogen and oxygen atoms in total. The van der Waals surface area contributed by atoms with E-state index in [0.717, 1.165) is 37.2 Å². The number of rotatable bonds is 7. The predicted molar refractivity (Wildman–Crippen MR) is 180 cm³/mol. The lowest BCUT2D eigenvalue weighted by Crippen LogP contribution is -2.52. The van der Waals surface area contributed by atoms with Crippen LogP contribution in [0.25, 0.3) is 10.9 Å². The van der Waals surface area contributed by atoms with Crippen molar-refractivity contribution in [2.75, 3.05) is 23.7 Å². The summed E-state index contributed by atoms with van der Waals surface area (Å²) in [6.45, 7) is 8.86. The molecule has 0 amide bonds.